The van der Waals surface area contributed by atoms with E-state index in [4.69, 9.17) is 23.2 Å². The van der Waals surface area contributed by atoms with Gasteiger partial charge in [0.05, 0.1) is 17.1 Å². The van der Waals surface area contributed by atoms with Crippen LogP contribution in [-0.4, -0.2) is 21.4 Å². The highest BCUT2D eigenvalue weighted by Crippen LogP contribution is 2.24. The lowest BCUT2D eigenvalue weighted by atomic mass is 10.1. The van der Waals surface area contributed by atoms with Crippen molar-refractivity contribution in [2.75, 3.05) is 5.32 Å². The molecule has 4 rings (SSSR count). The van der Waals surface area contributed by atoms with Gasteiger partial charge in [0, 0.05) is 21.3 Å². The first-order valence-corrected chi connectivity index (χ1v) is 11.1. The van der Waals surface area contributed by atoms with Gasteiger partial charge in [0.25, 0.3) is 5.91 Å². The molecule has 0 saturated carbocycles. The Morgan fingerprint density at radius 1 is 1.00 bits per heavy atom. The number of nitrogens with zero attached hydrogens (tertiary/aromatic N) is 2. The number of rotatable bonds is 6. The van der Waals surface area contributed by atoms with E-state index in [1.54, 1.807) is 34.9 Å². The van der Waals surface area contributed by atoms with Crippen molar-refractivity contribution in [3.05, 3.63) is 93.7 Å². The monoisotopic (exact) mass is 480 g/mol. The Balaban J connectivity index is 1.59. The number of benzene rings is 3. The van der Waals surface area contributed by atoms with Gasteiger partial charge in [-0.15, -0.1) is 0 Å². The number of hydrogen-bond acceptors (Lipinski definition) is 3. The number of aryl methyl sites for hydroxylation is 1. The third kappa shape index (κ3) is 5.35. The molecule has 168 valence electrons. The Morgan fingerprint density at radius 2 is 1.67 bits per heavy atom. The molecule has 0 aliphatic carbocycles. The van der Waals surface area contributed by atoms with Crippen molar-refractivity contribution in [3.63, 3.8) is 0 Å². The number of hydrogen-bond donors (Lipinski definition) is 2. The summed E-state index contributed by atoms with van der Waals surface area (Å²) in [5.41, 5.74) is 3.68. The van der Waals surface area contributed by atoms with Gasteiger partial charge >= 0.3 is 0 Å². The van der Waals surface area contributed by atoms with Gasteiger partial charge < -0.3 is 15.2 Å². The van der Waals surface area contributed by atoms with Crippen LogP contribution in [0.5, 0.6) is 0 Å². The largest absolute Gasteiger partial charge is 0.342 e. The molecule has 8 heteroatoms. The van der Waals surface area contributed by atoms with Crippen LogP contribution in [0.2, 0.25) is 10.0 Å². The smallest absolute Gasteiger partial charge is 0.251 e. The summed E-state index contributed by atoms with van der Waals surface area (Å²) in [6, 6.07) is 19.3. The normalized spacial score (nSPS) is 11.9. The van der Waals surface area contributed by atoms with Crippen LogP contribution in [0.4, 0.5) is 5.69 Å². The summed E-state index contributed by atoms with van der Waals surface area (Å²) in [6.07, 6.45) is 0. The van der Waals surface area contributed by atoms with Gasteiger partial charge in [-0.25, -0.2) is 4.98 Å². The average Bonchev–Trinajstić information content (AvgIpc) is 3.12. The van der Waals surface area contributed by atoms with Crippen LogP contribution in [0.1, 0.15) is 34.7 Å². The van der Waals surface area contributed by atoms with Crippen LogP contribution in [0.25, 0.3) is 11.0 Å². The zero-order valence-corrected chi connectivity index (χ0v) is 19.6. The third-order valence-electron chi connectivity index (χ3n) is 5.18. The highest BCUT2D eigenvalue weighted by molar-refractivity contribution is 6.35. The molecular formula is C25H22Cl2N4O2. The summed E-state index contributed by atoms with van der Waals surface area (Å²) in [5.74, 6) is 0.102. The van der Waals surface area contributed by atoms with Crippen LogP contribution in [0.3, 0.4) is 0 Å². The highest BCUT2D eigenvalue weighted by atomic mass is 35.5. The second-order valence-electron chi connectivity index (χ2n) is 7.81. The summed E-state index contributed by atoms with van der Waals surface area (Å²) in [4.78, 5) is 30.3. The molecule has 6 nitrogen and oxygen atoms in total. The predicted molar refractivity (Wildman–Crippen MR) is 132 cm³/mol. The number of imidazole rings is 1. The van der Waals surface area contributed by atoms with Crippen molar-refractivity contribution in [1.29, 1.82) is 0 Å². The Morgan fingerprint density at radius 3 is 2.36 bits per heavy atom. The lowest BCUT2D eigenvalue weighted by molar-refractivity contribution is -0.116. The van der Waals surface area contributed by atoms with Crippen molar-refractivity contribution in [2.45, 2.75) is 26.4 Å². The molecule has 2 amide bonds. The number of halogens is 2. The molecule has 0 saturated heterocycles. The number of amides is 2. The number of aromatic nitrogens is 2. The van der Waals surface area contributed by atoms with E-state index in [0.29, 0.717) is 27.1 Å². The molecule has 0 bridgehead atoms. The van der Waals surface area contributed by atoms with Crippen LogP contribution < -0.4 is 10.6 Å². The molecule has 0 fully saturated rings. The minimum Gasteiger partial charge on any atom is -0.342 e. The standard InChI is InChI=1S/C25H22Cl2N4O2/c1-15-7-9-17(10-8-15)25(33)28-16(2)24-30-21-5-3-4-6-22(21)31(24)14-23(32)29-20-12-18(26)11-19(27)13-20/h3-13,16H,14H2,1-2H3,(H,28,33)(H,29,32). The van der Waals surface area contributed by atoms with E-state index < -0.39 is 6.04 Å². The minimum atomic E-state index is -0.431. The average molecular weight is 481 g/mol. The molecule has 0 spiro atoms. The molecule has 1 unspecified atom stereocenters. The van der Waals surface area contributed by atoms with Crippen LogP contribution in [0.15, 0.2) is 66.7 Å². The zero-order chi connectivity index (χ0) is 23.5. The fourth-order valence-electron chi connectivity index (χ4n) is 3.61. The SMILES string of the molecule is Cc1ccc(C(=O)NC(C)c2nc3ccccc3n2CC(=O)Nc2cc(Cl)cc(Cl)c2)cc1. The first-order valence-electron chi connectivity index (χ1n) is 10.4. The molecule has 0 aliphatic heterocycles. The minimum absolute atomic E-state index is 0.00468. The first-order chi connectivity index (χ1) is 15.8. The van der Waals surface area contributed by atoms with Gasteiger partial charge in [0.1, 0.15) is 12.4 Å². The van der Waals surface area contributed by atoms with Gasteiger partial charge in [0.2, 0.25) is 5.91 Å². The lowest BCUT2D eigenvalue weighted by Gasteiger charge is -2.16. The maximum absolute atomic E-state index is 12.9. The quantitative estimate of drug-likeness (QED) is 0.367. The van der Waals surface area contributed by atoms with E-state index in [9.17, 15) is 9.59 Å². The van der Waals surface area contributed by atoms with Crippen LogP contribution in [0, 0.1) is 6.92 Å². The van der Waals surface area contributed by atoms with Gasteiger partial charge in [-0.1, -0.05) is 53.0 Å². The van der Waals surface area contributed by atoms with Crippen molar-refractivity contribution < 1.29 is 9.59 Å². The molecule has 0 radical (unpaired) electrons. The van der Waals surface area contributed by atoms with Crippen molar-refractivity contribution >= 4 is 51.7 Å². The molecular weight excluding hydrogens is 459 g/mol. The fraction of sp³-hybridized carbons (Fsp3) is 0.160. The maximum Gasteiger partial charge on any atom is 0.251 e. The number of fused-ring (bicyclic) bond motifs is 1. The molecule has 0 aliphatic rings. The molecule has 2 N–H and O–H groups in total. The van der Waals surface area contributed by atoms with Crippen LogP contribution >= 0.6 is 23.2 Å². The Labute approximate surface area is 201 Å². The van der Waals surface area contributed by atoms with Gasteiger partial charge in [-0.05, 0) is 56.3 Å². The molecule has 33 heavy (non-hydrogen) atoms. The fourth-order valence-corrected chi connectivity index (χ4v) is 4.14. The van der Waals surface area contributed by atoms with Crippen molar-refractivity contribution in [1.82, 2.24) is 14.9 Å². The summed E-state index contributed by atoms with van der Waals surface area (Å²) in [7, 11) is 0. The number of carbonyl (C=O) groups excluding carboxylic acids is 2. The van der Waals surface area contributed by atoms with E-state index in [1.807, 2.05) is 50.2 Å². The maximum atomic E-state index is 12.9. The molecule has 3 aromatic carbocycles. The molecule has 1 heterocycles. The van der Waals surface area contributed by atoms with Gasteiger partial charge in [-0.3, -0.25) is 9.59 Å². The van der Waals surface area contributed by atoms with E-state index >= 15 is 0 Å². The van der Waals surface area contributed by atoms with Crippen LogP contribution in [-0.2, 0) is 11.3 Å². The number of carbonyl (C=O) groups is 2. The first kappa shape index (κ1) is 22.8. The van der Waals surface area contributed by atoms with Crippen molar-refractivity contribution in [2.24, 2.45) is 0 Å². The lowest BCUT2D eigenvalue weighted by Crippen LogP contribution is -2.30. The Kier molecular flexibility index (Phi) is 6.67. The Hall–Kier alpha value is -3.35. The number of para-hydroxylation sites is 2. The Bertz CT molecular complexity index is 1310. The van der Waals surface area contributed by atoms with Gasteiger partial charge in [0.15, 0.2) is 0 Å². The predicted octanol–water partition coefficient (Wildman–Crippen LogP) is 5.78. The van der Waals surface area contributed by atoms with E-state index in [0.717, 1.165) is 16.6 Å². The van der Waals surface area contributed by atoms with E-state index in [2.05, 4.69) is 15.6 Å². The summed E-state index contributed by atoms with van der Waals surface area (Å²) in [5, 5.41) is 6.66. The molecule has 4 aromatic rings. The topological polar surface area (TPSA) is 76.0 Å². The van der Waals surface area contributed by atoms with E-state index in [-0.39, 0.29) is 18.4 Å². The second-order valence-corrected chi connectivity index (χ2v) is 8.69. The highest BCUT2D eigenvalue weighted by Gasteiger charge is 2.20. The number of nitrogens with one attached hydrogen (secondary N) is 2. The molecule has 1 aromatic heterocycles. The molecule has 1 atom stereocenters. The van der Waals surface area contributed by atoms with Gasteiger partial charge in [-0.2, -0.15) is 0 Å². The summed E-state index contributed by atoms with van der Waals surface area (Å²) < 4.78 is 1.80. The third-order valence-corrected chi connectivity index (χ3v) is 5.62. The number of anilines is 1. The zero-order valence-electron chi connectivity index (χ0n) is 18.1. The van der Waals surface area contributed by atoms with Crippen molar-refractivity contribution in [3.8, 4) is 0 Å². The van der Waals surface area contributed by atoms with E-state index in [1.165, 1.54) is 0 Å². The second kappa shape index (κ2) is 9.65. The summed E-state index contributed by atoms with van der Waals surface area (Å²) >= 11 is 12.1. The summed E-state index contributed by atoms with van der Waals surface area (Å²) in [6.45, 7) is 3.82.